The Kier molecular flexibility index (Phi) is 3.52. The van der Waals surface area contributed by atoms with E-state index in [-0.39, 0.29) is 7.97 Å². The lowest BCUT2D eigenvalue weighted by Gasteiger charge is -2.15. The predicted octanol–water partition coefficient (Wildman–Crippen LogP) is 3.22. The number of halogens is 1. The van der Waals surface area contributed by atoms with Gasteiger partial charge in [0.1, 0.15) is 5.67 Å². The second-order valence-electron chi connectivity index (χ2n) is 6.85. The van der Waals surface area contributed by atoms with Gasteiger partial charge in [-0.05, 0) is 32.9 Å². The number of aryl methyl sites for hydroxylation is 1. The second kappa shape index (κ2) is 5.61. The number of rotatable bonds is 4. The molecule has 0 saturated heterocycles. The van der Waals surface area contributed by atoms with E-state index in [1.165, 1.54) is 13.8 Å². The number of imidazole rings is 1. The maximum atomic E-state index is 13.6. The van der Waals surface area contributed by atoms with Crippen LogP contribution in [0.2, 0.25) is 0 Å². The number of hydrogen-bond donors (Lipinski definition) is 1. The van der Waals surface area contributed by atoms with E-state index < -0.39 is 5.67 Å². The molecular formula is C18H21FN6. The van der Waals surface area contributed by atoms with Crippen LogP contribution in [0.25, 0.3) is 11.2 Å². The normalized spacial score (nSPS) is 13.8. The second-order valence-corrected chi connectivity index (χ2v) is 6.85. The molecule has 0 radical (unpaired) electrons. The van der Waals surface area contributed by atoms with Crippen molar-refractivity contribution in [3.63, 3.8) is 0 Å². The molecule has 0 saturated carbocycles. The van der Waals surface area contributed by atoms with Gasteiger partial charge in [0.05, 0.1) is 29.8 Å². The molecule has 0 aromatic carbocycles. The van der Waals surface area contributed by atoms with Crippen molar-refractivity contribution in [1.82, 2.24) is 24.6 Å². The quantitative estimate of drug-likeness (QED) is 0.790. The van der Waals surface area contributed by atoms with Crippen LogP contribution in [0.3, 0.4) is 0 Å². The van der Waals surface area contributed by atoms with Crippen molar-refractivity contribution in [1.29, 1.82) is 0 Å². The molecule has 3 heterocycles. The summed E-state index contributed by atoms with van der Waals surface area (Å²) in [4.78, 5) is 13.2. The Labute approximate surface area is 146 Å². The van der Waals surface area contributed by atoms with E-state index in [9.17, 15) is 4.39 Å². The van der Waals surface area contributed by atoms with Crippen molar-refractivity contribution < 1.29 is 5.82 Å². The number of nitrogens with one attached hydrogen (secondary N) is 1. The number of alkyl halides is 1. The minimum absolute atomic E-state index is 0. The highest BCUT2D eigenvalue weighted by molar-refractivity contribution is 5.82. The molecule has 3 aromatic rings. The number of nitrogens with zero attached hydrogens (tertiary/aromatic N) is 5. The molecule has 0 aliphatic heterocycles. The van der Waals surface area contributed by atoms with Crippen molar-refractivity contribution in [3.05, 3.63) is 53.2 Å². The van der Waals surface area contributed by atoms with Gasteiger partial charge in [0, 0.05) is 25.2 Å². The molecule has 6 nitrogen and oxygen atoms in total. The topological polar surface area (TPSA) is 68.0 Å². The molecule has 1 aliphatic rings. The third kappa shape index (κ3) is 3.09. The van der Waals surface area contributed by atoms with Crippen LogP contribution in [0, 0.1) is 6.92 Å². The lowest BCUT2D eigenvalue weighted by atomic mass is 10.1. The van der Waals surface area contributed by atoms with Gasteiger partial charge in [0.2, 0.25) is 5.95 Å². The van der Waals surface area contributed by atoms with Gasteiger partial charge in [-0.3, -0.25) is 0 Å². The first-order valence-corrected chi connectivity index (χ1v) is 8.22. The molecular weight excluding hydrogens is 319 g/mol. The Morgan fingerprint density at radius 3 is 2.96 bits per heavy atom. The predicted molar refractivity (Wildman–Crippen MR) is 96.3 cm³/mol. The van der Waals surface area contributed by atoms with Crippen LogP contribution in [0.1, 0.15) is 37.9 Å². The molecule has 0 unspecified atom stereocenters. The molecule has 130 valence electrons. The molecule has 4 rings (SSSR count). The summed E-state index contributed by atoms with van der Waals surface area (Å²) in [5, 5.41) is 7.58. The first-order chi connectivity index (χ1) is 11.9. The molecule has 0 spiro atoms. The van der Waals surface area contributed by atoms with Crippen LogP contribution in [0.15, 0.2) is 30.6 Å². The Morgan fingerprint density at radius 1 is 1.32 bits per heavy atom. The summed E-state index contributed by atoms with van der Waals surface area (Å²) in [6, 6.07) is 3.91. The van der Waals surface area contributed by atoms with Crippen LogP contribution >= 0.6 is 0 Å². The van der Waals surface area contributed by atoms with Gasteiger partial charge in [0.15, 0.2) is 5.65 Å². The maximum absolute atomic E-state index is 13.6. The number of hydrogen-bond acceptors (Lipinski definition) is 5. The van der Waals surface area contributed by atoms with E-state index in [4.69, 9.17) is 0 Å². The number of fused-ring (bicyclic) bond motifs is 2. The Bertz CT molecular complexity index is 989. The highest BCUT2D eigenvalue weighted by Gasteiger charge is 2.21. The molecule has 0 atom stereocenters. The SMILES string of the molecule is Cc1cn2nc(C3=CCc4nc(NCC(C)(C)F)ncc43)ccc2n1.[HH]. The lowest BCUT2D eigenvalue weighted by molar-refractivity contribution is 0.234. The Morgan fingerprint density at radius 2 is 2.16 bits per heavy atom. The standard InChI is InChI=1S/C18H19FN6.H2/c1-11-9-25-16(22-11)7-6-15(24-25)12-4-5-14-13(12)8-20-17(23-14)21-10-18(2,3)19;/h4,6-9H,5,10H2,1-3H3,(H,20,21,23);1H. The van der Waals surface area contributed by atoms with Crippen molar-refractivity contribution >= 4 is 17.2 Å². The average Bonchev–Trinajstić information content (AvgIpc) is 3.13. The van der Waals surface area contributed by atoms with E-state index in [0.29, 0.717) is 12.4 Å². The van der Waals surface area contributed by atoms with Gasteiger partial charge in [-0.2, -0.15) is 5.10 Å². The molecule has 1 aliphatic carbocycles. The number of allylic oxidation sites excluding steroid dienone is 1. The fraction of sp³-hybridized carbons (Fsp3) is 0.333. The van der Waals surface area contributed by atoms with Crippen molar-refractivity contribution in [3.8, 4) is 0 Å². The summed E-state index contributed by atoms with van der Waals surface area (Å²) in [6.07, 6.45) is 6.49. The molecule has 3 aromatic heterocycles. The summed E-state index contributed by atoms with van der Waals surface area (Å²) < 4.78 is 15.4. The first-order valence-electron chi connectivity index (χ1n) is 8.22. The highest BCUT2D eigenvalue weighted by Crippen LogP contribution is 2.30. The number of anilines is 1. The smallest absolute Gasteiger partial charge is 0.223 e. The van der Waals surface area contributed by atoms with Gasteiger partial charge in [-0.15, -0.1) is 0 Å². The van der Waals surface area contributed by atoms with Crippen molar-refractivity contribution in [2.24, 2.45) is 0 Å². The van der Waals surface area contributed by atoms with E-state index >= 15 is 0 Å². The van der Waals surface area contributed by atoms with Crippen LogP contribution in [0.5, 0.6) is 0 Å². The molecule has 0 bridgehead atoms. The Hall–Kier alpha value is -2.83. The average molecular weight is 340 g/mol. The third-order valence-corrected chi connectivity index (χ3v) is 4.04. The van der Waals surface area contributed by atoms with Gasteiger partial charge >= 0.3 is 0 Å². The zero-order chi connectivity index (χ0) is 17.6. The lowest BCUT2D eigenvalue weighted by Crippen LogP contribution is -2.25. The van der Waals surface area contributed by atoms with Crippen molar-refractivity contribution in [2.75, 3.05) is 11.9 Å². The van der Waals surface area contributed by atoms with Crippen LogP contribution in [-0.4, -0.2) is 36.8 Å². The molecule has 1 N–H and O–H groups in total. The van der Waals surface area contributed by atoms with E-state index in [1.54, 1.807) is 10.7 Å². The van der Waals surface area contributed by atoms with E-state index in [0.717, 1.165) is 33.9 Å². The zero-order valence-electron chi connectivity index (χ0n) is 14.4. The third-order valence-electron chi connectivity index (χ3n) is 4.04. The Balaban J connectivity index is 0.00000196. The molecule has 7 heteroatoms. The van der Waals surface area contributed by atoms with Crippen LogP contribution in [0.4, 0.5) is 10.3 Å². The zero-order valence-corrected chi connectivity index (χ0v) is 14.4. The maximum Gasteiger partial charge on any atom is 0.223 e. The summed E-state index contributed by atoms with van der Waals surface area (Å²) >= 11 is 0. The summed E-state index contributed by atoms with van der Waals surface area (Å²) in [5.74, 6) is 0.452. The molecule has 0 fully saturated rings. The van der Waals surface area contributed by atoms with E-state index in [2.05, 4.69) is 31.4 Å². The van der Waals surface area contributed by atoms with Gasteiger partial charge in [-0.25, -0.2) is 23.9 Å². The molecule has 25 heavy (non-hydrogen) atoms. The van der Waals surface area contributed by atoms with Gasteiger partial charge in [-0.1, -0.05) is 6.08 Å². The highest BCUT2D eigenvalue weighted by atomic mass is 19.1. The van der Waals surface area contributed by atoms with Crippen LogP contribution in [-0.2, 0) is 6.42 Å². The fourth-order valence-corrected chi connectivity index (χ4v) is 2.87. The minimum atomic E-state index is -1.31. The monoisotopic (exact) mass is 340 g/mol. The first kappa shape index (κ1) is 15.7. The summed E-state index contributed by atoms with van der Waals surface area (Å²) in [5.41, 5.74) is 4.21. The van der Waals surface area contributed by atoms with Crippen LogP contribution < -0.4 is 5.32 Å². The van der Waals surface area contributed by atoms with Gasteiger partial charge < -0.3 is 5.32 Å². The minimum Gasteiger partial charge on any atom is -0.351 e. The van der Waals surface area contributed by atoms with E-state index in [1.807, 2.05) is 25.3 Å². The largest absolute Gasteiger partial charge is 0.351 e. The van der Waals surface area contributed by atoms with Crippen molar-refractivity contribution in [2.45, 2.75) is 32.9 Å². The summed E-state index contributed by atoms with van der Waals surface area (Å²) in [6.45, 7) is 5.16. The number of aromatic nitrogens is 5. The van der Waals surface area contributed by atoms with Gasteiger partial charge in [0.25, 0.3) is 0 Å². The summed E-state index contributed by atoms with van der Waals surface area (Å²) in [7, 11) is 0. The fourth-order valence-electron chi connectivity index (χ4n) is 2.87. The molecule has 0 amide bonds.